The van der Waals surface area contributed by atoms with Crippen LogP contribution in [0.2, 0.25) is 0 Å². The van der Waals surface area contributed by atoms with Gasteiger partial charge in [-0.25, -0.2) is 0 Å². The maximum absolute atomic E-state index is 12.0. The normalized spacial score (nSPS) is 13.8. The lowest BCUT2D eigenvalue weighted by atomic mass is 9.99. The van der Waals surface area contributed by atoms with E-state index >= 15 is 0 Å². The Hall–Kier alpha value is -2.18. The molecule has 0 bridgehead atoms. The summed E-state index contributed by atoms with van der Waals surface area (Å²) in [5.74, 6) is 0.270. The molecule has 0 radical (unpaired) electrons. The first-order chi connectivity index (χ1) is 26.4. The Labute approximate surface area is 333 Å². The molecule has 0 aliphatic heterocycles. The smallest absolute Gasteiger partial charge is 0.305 e. The second-order valence-electron chi connectivity index (χ2n) is 15.6. The van der Waals surface area contributed by atoms with Crippen molar-refractivity contribution in [2.24, 2.45) is 5.92 Å². The van der Waals surface area contributed by atoms with Gasteiger partial charge >= 0.3 is 11.9 Å². The first kappa shape index (κ1) is 51.8. The summed E-state index contributed by atoms with van der Waals surface area (Å²) >= 11 is 0. The first-order valence-electron chi connectivity index (χ1n) is 22.7. The molecular formula is C48H86O6. The molecule has 6 heteroatoms. The van der Waals surface area contributed by atoms with Crippen LogP contribution in [0.25, 0.3) is 0 Å². The lowest BCUT2D eigenvalue weighted by molar-refractivity contribution is -0.152. The fourth-order valence-electron chi connectivity index (χ4n) is 6.27. The molecule has 6 nitrogen and oxygen atoms in total. The second kappa shape index (κ2) is 42.0. The maximum atomic E-state index is 12.0. The van der Waals surface area contributed by atoms with E-state index in [0.29, 0.717) is 19.3 Å². The van der Waals surface area contributed by atoms with Crippen molar-refractivity contribution >= 4 is 11.9 Å². The molecule has 0 amide bonds. The summed E-state index contributed by atoms with van der Waals surface area (Å²) in [6.07, 6.45) is 49.8. The fourth-order valence-corrected chi connectivity index (χ4v) is 6.27. The van der Waals surface area contributed by atoms with Gasteiger partial charge in [-0.15, -0.1) is 0 Å². The summed E-state index contributed by atoms with van der Waals surface area (Å²) in [6, 6.07) is 0. The lowest BCUT2D eigenvalue weighted by Crippen LogP contribution is -2.25. The highest BCUT2D eigenvalue weighted by molar-refractivity contribution is 5.69. The Morgan fingerprint density at radius 1 is 0.444 bits per heavy atom. The number of esters is 2. The van der Waals surface area contributed by atoms with Crippen LogP contribution in [-0.4, -0.2) is 47.6 Å². The zero-order valence-corrected chi connectivity index (χ0v) is 35.5. The number of aliphatic hydroxyl groups excluding tert-OH is 2. The van der Waals surface area contributed by atoms with E-state index in [9.17, 15) is 19.8 Å². The summed E-state index contributed by atoms with van der Waals surface area (Å²) in [6.45, 7) is 6.39. The highest BCUT2D eigenvalue weighted by Gasteiger charge is 2.12. The molecule has 0 aliphatic rings. The Morgan fingerprint density at radius 2 is 0.815 bits per heavy atom. The molecule has 0 aromatic carbocycles. The molecule has 314 valence electrons. The van der Waals surface area contributed by atoms with Crippen LogP contribution >= 0.6 is 0 Å². The van der Waals surface area contributed by atoms with Gasteiger partial charge in [0, 0.05) is 12.8 Å². The van der Waals surface area contributed by atoms with Gasteiger partial charge in [0.05, 0.1) is 6.10 Å². The standard InChI is InChI=1S/C48H86O6/c1-4-44(3)38-34-30-26-22-18-14-10-8-6-7-9-11-16-20-24-28-32-36-40-47(51)53-42-46(50)43-54-48(52)41-37-33-29-25-21-17-13-12-15-19-23-27-31-35-39-45(49)5-2/h13,15,17,19,25,27,29,31,44-46,49-50H,4-12,14,16,18,20-24,26,28,30,32-43H2,1-3H3/b17-13-,19-15-,29-25-,31-27-/t44?,45-,46-/m0/s1. The van der Waals surface area contributed by atoms with Crippen molar-refractivity contribution in [1.82, 2.24) is 0 Å². The maximum Gasteiger partial charge on any atom is 0.305 e. The van der Waals surface area contributed by atoms with Gasteiger partial charge in [0.25, 0.3) is 0 Å². The van der Waals surface area contributed by atoms with Gasteiger partial charge in [-0.3, -0.25) is 9.59 Å². The monoisotopic (exact) mass is 759 g/mol. The number of hydrogen-bond acceptors (Lipinski definition) is 6. The van der Waals surface area contributed by atoms with Crippen molar-refractivity contribution in [3.8, 4) is 0 Å². The van der Waals surface area contributed by atoms with E-state index in [0.717, 1.165) is 70.1 Å². The zero-order chi connectivity index (χ0) is 39.6. The van der Waals surface area contributed by atoms with E-state index in [2.05, 4.69) is 62.5 Å². The fraction of sp³-hybridized carbons (Fsp3) is 0.792. The average molecular weight is 759 g/mol. The van der Waals surface area contributed by atoms with Crippen molar-refractivity contribution in [3.63, 3.8) is 0 Å². The third-order valence-corrected chi connectivity index (χ3v) is 10.3. The lowest BCUT2D eigenvalue weighted by Gasteiger charge is -2.12. The zero-order valence-electron chi connectivity index (χ0n) is 35.5. The molecule has 0 aliphatic carbocycles. The van der Waals surface area contributed by atoms with Crippen LogP contribution in [0.5, 0.6) is 0 Å². The van der Waals surface area contributed by atoms with E-state index in [1.54, 1.807) is 0 Å². The molecular weight excluding hydrogens is 673 g/mol. The number of aliphatic hydroxyl groups is 2. The molecule has 2 N–H and O–H groups in total. The second-order valence-corrected chi connectivity index (χ2v) is 15.6. The minimum atomic E-state index is -0.995. The minimum Gasteiger partial charge on any atom is -0.463 e. The summed E-state index contributed by atoms with van der Waals surface area (Å²) in [7, 11) is 0. The molecule has 0 heterocycles. The first-order valence-corrected chi connectivity index (χ1v) is 22.7. The predicted octanol–water partition coefficient (Wildman–Crippen LogP) is 13.4. The van der Waals surface area contributed by atoms with Gasteiger partial charge in [0.15, 0.2) is 0 Å². The van der Waals surface area contributed by atoms with Crippen molar-refractivity contribution in [2.45, 2.75) is 226 Å². The van der Waals surface area contributed by atoms with Crippen LogP contribution in [-0.2, 0) is 19.1 Å². The number of carbonyl (C=O) groups excluding carboxylic acids is 2. The van der Waals surface area contributed by atoms with E-state index in [1.165, 1.54) is 109 Å². The minimum absolute atomic E-state index is 0.140. The number of allylic oxidation sites excluding steroid dienone is 8. The summed E-state index contributed by atoms with van der Waals surface area (Å²) in [4.78, 5) is 24.0. The largest absolute Gasteiger partial charge is 0.463 e. The topological polar surface area (TPSA) is 93.1 Å². The third-order valence-electron chi connectivity index (χ3n) is 10.3. The van der Waals surface area contributed by atoms with Crippen molar-refractivity contribution in [1.29, 1.82) is 0 Å². The molecule has 0 saturated heterocycles. The predicted molar refractivity (Wildman–Crippen MR) is 230 cm³/mol. The average Bonchev–Trinajstić information content (AvgIpc) is 3.17. The van der Waals surface area contributed by atoms with Gasteiger partial charge in [0.2, 0.25) is 0 Å². The van der Waals surface area contributed by atoms with Crippen LogP contribution in [0.15, 0.2) is 48.6 Å². The molecule has 0 rings (SSSR count). The summed E-state index contributed by atoms with van der Waals surface area (Å²) < 4.78 is 10.3. The van der Waals surface area contributed by atoms with Crippen LogP contribution in [0, 0.1) is 5.92 Å². The van der Waals surface area contributed by atoms with Crippen LogP contribution in [0.1, 0.15) is 213 Å². The van der Waals surface area contributed by atoms with Gasteiger partial charge in [-0.2, -0.15) is 0 Å². The molecule has 0 saturated carbocycles. The Bertz CT molecular complexity index is 937. The Balaban J connectivity index is 3.49. The SMILES string of the molecule is CCC(C)CCCCCCCCCCCCCCCCCCCCC(=O)OC[C@H](O)COC(=O)CCC/C=C\C/C=C\C/C=C\C/C=C\CC[C@@H](O)CC. The van der Waals surface area contributed by atoms with E-state index in [4.69, 9.17) is 9.47 Å². The molecule has 0 aromatic heterocycles. The number of hydrogen-bond donors (Lipinski definition) is 2. The third kappa shape index (κ3) is 41.0. The molecule has 0 fully saturated rings. The highest BCUT2D eigenvalue weighted by Crippen LogP contribution is 2.17. The Kier molecular flexibility index (Phi) is 40.3. The van der Waals surface area contributed by atoms with Gasteiger partial charge in [-0.1, -0.05) is 191 Å². The number of unbranched alkanes of at least 4 members (excludes halogenated alkanes) is 18. The van der Waals surface area contributed by atoms with E-state index < -0.39 is 6.10 Å². The quantitative estimate of drug-likeness (QED) is 0.0367. The number of carbonyl (C=O) groups is 2. The van der Waals surface area contributed by atoms with Gasteiger partial charge < -0.3 is 19.7 Å². The molecule has 54 heavy (non-hydrogen) atoms. The molecule has 0 aromatic rings. The van der Waals surface area contributed by atoms with Crippen LogP contribution < -0.4 is 0 Å². The van der Waals surface area contributed by atoms with Crippen molar-refractivity contribution in [2.75, 3.05) is 13.2 Å². The summed E-state index contributed by atoms with van der Waals surface area (Å²) in [5, 5.41) is 19.6. The number of rotatable bonds is 40. The van der Waals surface area contributed by atoms with E-state index in [-0.39, 0.29) is 31.3 Å². The van der Waals surface area contributed by atoms with Crippen molar-refractivity contribution < 1.29 is 29.3 Å². The van der Waals surface area contributed by atoms with Crippen LogP contribution in [0.3, 0.4) is 0 Å². The highest BCUT2D eigenvalue weighted by atomic mass is 16.6. The van der Waals surface area contributed by atoms with Gasteiger partial charge in [-0.05, 0) is 63.7 Å². The van der Waals surface area contributed by atoms with E-state index in [1.807, 2.05) is 6.92 Å². The Morgan fingerprint density at radius 3 is 1.24 bits per heavy atom. The number of ether oxygens (including phenoxy) is 2. The van der Waals surface area contributed by atoms with Crippen molar-refractivity contribution in [3.05, 3.63) is 48.6 Å². The van der Waals surface area contributed by atoms with Crippen LogP contribution in [0.4, 0.5) is 0 Å². The van der Waals surface area contributed by atoms with Gasteiger partial charge in [0.1, 0.15) is 19.3 Å². The molecule has 3 atom stereocenters. The molecule has 0 spiro atoms. The summed E-state index contributed by atoms with van der Waals surface area (Å²) in [5.41, 5.74) is 0. The molecule has 1 unspecified atom stereocenters.